The lowest BCUT2D eigenvalue weighted by atomic mass is 10.0. The number of nitrogens with zero attached hydrogens (tertiary/aromatic N) is 2. The molecule has 1 aromatic carbocycles. The molecule has 0 unspecified atom stereocenters. The van der Waals surface area contributed by atoms with Crippen LogP contribution in [0.3, 0.4) is 0 Å². The van der Waals surface area contributed by atoms with Crippen LogP contribution >= 0.6 is 0 Å². The van der Waals surface area contributed by atoms with Crippen molar-refractivity contribution in [3.8, 4) is 11.3 Å². The normalized spacial score (nSPS) is 17.1. The second-order valence-electron chi connectivity index (χ2n) is 4.73. The Hall–Kier alpha value is -1.81. The molecular weight excluding hydrogens is 226 g/mol. The first-order valence-corrected chi connectivity index (χ1v) is 6.35. The van der Waals surface area contributed by atoms with Gasteiger partial charge in [0.25, 0.3) is 0 Å². The highest BCUT2D eigenvalue weighted by molar-refractivity contribution is 5.72. The molecule has 0 radical (unpaired) electrons. The molecule has 4 nitrogen and oxygen atoms in total. The Kier molecular flexibility index (Phi) is 3.02. The standard InChI is InChI=1S/C14H17N3O/c15-12-6-8-17(9-7-12)13-10-16-18-14(13)11-4-2-1-3-5-11/h1-5,10,12H,6-9,15H2. The van der Waals surface area contributed by atoms with E-state index in [0.717, 1.165) is 42.9 Å². The predicted octanol–water partition coefficient (Wildman–Crippen LogP) is 2.27. The van der Waals surface area contributed by atoms with E-state index in [1.807, 2.05) is 30.3 Å². The third-order valence-electron chi connectivity index (χ3n) is 3.47. The molecule has 1 aliphatic rings. The van der Waals surface area contributed by atoms with Gasteiger partial charge in [0.2, 0.25) is 0 Å². The average Bonchev–Trinajstić information content (AvgIpc) is 2.90. The quantitative estimate of drug-likeness (QED) is 0.879. The van der Waals surface area contributed by atoms with Gasteiger partial charge in [-0.1, -0.05) is 35.5 Å². The van der Waals surface area contributed by atoms with Gasteiger partial charge in [-0.25, -0.2) is 0 Å². The fourth-order valence-corrected chi connectivity index (χ4v) is 2.39. The minimum absolute atomic E-state index is 0.335. The Morgan fingerprint density at radius 3 is 2.61 bits per heavy atom. The lowest BCUT2D eigenvalue weighted by Gasteiger charge is -2.31. The van der Waals surface area contributed by atoms with Crippen molar-refractivity contribution in [3.63, 3.8) is 0 Å². The summed E-state index contributed by atoms with van der Waals surface area (Å²) in [6, 6.07) is 10.4. The van der Waals surface area contributed by atoms with Gasteiger partial charge in [0.15, 0.2) is 5.76 Å². The van der Waals surface area contributed by atoms with E-state index in [4.69, 9.17) is 10.3 Å². The monoisotopic (exact) mass is 243 g/mol. The Labute approximate surface area is 106 Å². The Bertz CT molecular complexity index is 501. The molecule has 1 aliphatic heterocycles. The Morgan fingerprint density at radius 1 is 1.17 bits per heavy atom. The third kappa shape index (κ3) is 2.11. The molecule has 1 aromatic heterocycles. The zero-order chi connectivity index (χ0) is 12.4. The fourth-order valence-electron chi connectivity index (χ4n) is 2.39. The molecule has 0 aliphatic carbocycles. The summed E-state index contributed by atoms with van der Waals surface area (Å²) in [6.07, 6.45) is 3.86. The van der Waals surface area contributed by atoms with Crippen molar-refractivity contribution in [3.05, 3.63) is 36.5 Å². The van der Waals surface area contributed by atoms with Crippen LogP contribution in [0.25, 0.3) is 11.3 Å². The molecule has 0 spiro atoms. The summed E-state index contributed by atoms with van der Waals surface area (Å²) in [7, 11) is 0. The van der Waals surface area contributed by atoms with E-state index in [-0.39, 0.29) is 0 Å². The summed E-state index contributed by atoms with van der Waals surface area (Å²) in [5, 5.41) is 3.94. The molecule has 0 saturated carbocycles. The molecule has 2 heterocycles. The number of nitrogens with two attached hydrogens (primary N) is 1. The molecule has 0 atom stereocenters. The number of rotatable bonds is 2. The summed E-state index contributed by atoms with van der Waals surface area (Å²) >= 11 is 0. The fraction of sp³-hybridized carbons (Fsp3) is 0.357. The zero-order valence-corrected chi connectivity index (χ0v) is 10.2. The topological polar surface area (TPSA) is 55.3 Å². The molecule has 0 bridgehead atoms. The van der Waals surface area contributed by atoms with Gasteiger partial charge in [0, 0.05) is 24.7 Å². The molecule has 18 heavy (non-hydrogen) atoms. The van der Waals surface area contributed by atoms with E-state index in [0.29, 0.717) is 6.04 Å². The second kappa shape index (κ2) is 4.82. The van der Waals surface area contributed by atoms with Crippen molar-refractivity contribution in [1.29, 1.82) is 0 Å². The van der Waals surface area contributed by atoms with Gasteiger partial charge >= 0.3 is 0 Å². The summed E-state index contributed by atoms with van der Waals surface area (Å²) < 4.78 is 5.41. The SMILES string of the molecule is NC1CCN(c2cnoc2-c2ccccc2)CC1. The van der Waals surface area contributed by atoms with E-state index < -0.39 is 0 Å². The highest BCUT2D eigenvalue weighted by Crippen LogP contribution is 2.31. The molecule has 3 rings (SSSR count). The van der Waals surface area contributed by atoms with Gasteiger partial charge in [-0.15, -0.1) is 0 Å². The largest absolute Gasteiger partial charge is 0.367 e. The predicted molar refractivity (Wildman–Crippen MR) is 71.4 cm³/mol. The van der Waals surface area contributed by atoms with Gasteiger partial charge in [-0.3, -0.25) is 0 Å². The van der Waals surface area contributed by atoms with Crippen LogP contribution in [-0.4, -0.2) is 24.3 Å². The van der Waals surface area contributed by atoms with E-state index in [1.54, 1.807) is 6.20 Å². The van der Waals surface area contributed by atoms with Crippen LogP contribution in [0.15, 0.2) is 41.1 Å². The summed E-state index contributed by atoms with van der Waals surface area (Å²) in [6.45, 7) is 1.95. The minimum Gasteiger partial charge on any atom is -0.367 e. The van der Waals surface area contributed by atoms with E-state index >= 15 is 0 Å². The molecule has 1 fully saturated rings. The van der Waals surface area contributed by atoms with Gasteiger partial charge in [0.05, 0.1) is 6.20 Å². The summed E-state index contributed by atoms with van der Waals surface area (Å²) in [5.41, 5.74) is 8.08. The third-order valence-corrected chi connectivity index (χ3v) is 3.47. The van der Waals surface area contributed by atoms with Crippen LogP contribution in [0.4, 0.5) is 5.69 Å². The number of hydrogen-bond acceptors (Lipinski definition) is 4. The first kappa shape index (κ1) is 11.3. The van der Waals surface area contributed by atoms with Crippen molar-refractivity contribution < 1.29 is 4.52 Å². The minimum atomic E-state index is 0.335. The first-order valence-electron chi connectivity index (χ1n) is 6.35. The number of hydrogen-bond donors (Lipinski definition) is 1. The van der Waals surface area contributed by atoms with Gasteiger partial charge in [-0.05, 0) is 12.8 Å². The van der Waals surface area contributed by atoms with Crippen molar-refractivity contribution in [2.45, 2.75) is 18.9 Å². The lowest BCUT2D eigenvalue weighted by molar-refractivity contribution is 0.431. The van der Waals surface area contributed by atoms with E-state index in [9.17, 15) is 0 Å². The van der Waals surface area contributed by atoms with Crippen molar-refractivity contribution in [2.75, 3.05) is 18.0 Å². The first-order chi connectivity index (χ1) is 8.84. The highest BCUT2D eigenvalue weighted by Gasteiger charge is 2.21. The van der Waals surface area contributed by atoms with Crippen LogP contribution in [-0.2, 0) is 0 Å². The maximum Gasteiger partial charge on any atom is 0.190 e. The maximum absolute atomic E-state index is 5.93. The summed E-state index contributed by atoms with van der Waals surface area (Å²) in [5.74, 6) is 0.853. The van der Waals surface area contributed by atoms with Crippen molar-refractivity contribution >= 4 is 5.69 Å². The summed E-state index contributed by atoms with van der Waals surface area (Å²) in [4.78, 5) is 2.31. The molecule has 4 heteroatoms. The van der Waals surface area contributed by atoms with Crippen LogP contribution in [0.1, 0.15) is 12.8 Å². The second-order valence-corrected chi connectivity index (χ2v) is 4.73. The number of benzene rings is 1. The van der Waals surface area contributed by atoms with E-state index in [1.165, 1.54) is 0 Å². The molecule has 94 valence electrons. The highest BCUT2D eigenvalue weighted by atomic mass is 16.5. The van der Waals surface area contributed by atoms with Gasteiger partial charge in [-0.2, -0.15) is 0 Å². The lowest BCUT2D eigenvalue weighted by Crippen LogP contribution is -2.39. The van der Waals surface area contributed by atoms with Crippen LogP contribution in [0, 0.1) is 0 Å². The smallest absolute Gasteiger partial charge is 0.190 e. The zero-order valence-electron chi connectivity index (χ0n) is 10.2. The Balaban J connectivity index is 1.88. The molecule has 2 N–H and O–H groups in total. The van der Waals surface area contributed by atoms with Crippen LogP contribution < -0.4 is 10.6 Å². The molecule has 2 aromatic rings. The van der Waals surface area contributed by atoms with Gasteiger partial charge < -0.3 is 15.2 Å². The van der Waals surface area contributed by atoms with Crippen molar-refractivity contribution in [2.24, 2.45) is 5.73 Å². The number of piperidine rings is 1. The average molecular weight is 243 g/mol. The van der Waals surface area contributed by atoms with Crippen LogP contribution in [0.5, 0.6) is 0 Å². The molecule has 0 amide bonds. The molecule has 1 saturated heterocycles. The van der Waals surface area contributed by atoms with Crippen LogP contribution in [0.2, 0.25) is 0 Å². The van der Waals surface area contributed by atoms with Gasteiger partial charge in [0.1, 0.15) is 5.69 Å². The van der Waals surface area contributed by atoms with E-state index in [2.05, 4.69) is 10.1 Å². The molecular formula is C14H17N3O. The van der Waals surface area contributed by atoms with Crippen molar-refractivity contribution in [1.82, 2.24) is 5.16 Å². The Morgan fingerprint density at radius 2 is 1.89 bits per heavy atom. The number of aromatic nitrogens is 1. The maximum atomic E-state index is 5.93. The number of anilines is 1.